The van der Waals surface area contributed by atoms with Crippen molar-refractivity contribution in [2.75, 3.05) is 19.2 Å². The van der Waals surface area contributed by atoms with Gasteiger partial charge in [0.2, 0.25) is 6.79 Å². The van der Waals surface area contributed by atoms with Gasteiger partial charge in [0.1, 0.15) is 17.3 Å². The van der Waals surface area contributed by atoms with Gasteiger partial charge in [-0.15, -0.1) is 0 Å². The summed E-state index contributed by atoms with van der Waals surface area (Å²) in [6.07, 6.45) is 2.93. The third-order valence-electron chi connectivity index (χ3n) is 4.14. The van der Waals surface area contributed by atoms with Crippen LogP contribution in [0, 0.1) is 0 Å². The molecule has 142 valence electrons. The standard InChI is InChI=1S/C20H18N4O4/c1-26-16-5-3-2-4-14(16)24-19-11-21-15(10-22-19)20(25)23-9-13-6-7-17-18(8-13)28-12-27-17/h2-8,10-11H,9,12H2,1H3,(H,22,24)(H,23,25). The number of para-hydroxylation sites is 2. The topological polar surface area (TPSA) is 94.6 Å². The second kappa shape index (κ2) is 7.83. The maximum absolute atomic E-state index is 12.3. The van der Waals surface area contributed by atoms with Gasteiger partial charge in [-0.1, -0.05) is 18.2 Å². The first kappa shape index (κ1) is 17.6. The van der Waals surface area contributed by atoms with Crippen LogP contribution in [-0.2, 0) is 6.54 Å². The molecule has 0 bridgehead atoms. The summed E-state index contributed by atoms with van der Waals surface area (Å²) in [5, 5.41) is 5.93. The van der Waals surface area contributed by atoms with Crippen LogP contribution in [0.3, 0.4) is 0 Å². The summed E-state index contributed by atoms with van der Waals surface area (Å²) in [5.41, 5.74) is 1.89. The van der Waals surface area contributed by atoms with Crippen molar-refractivity contribution in [3.63, 3.8) is 0 Å². The highest BCUT2D eigenvalue weighted by molar-refractivity contribution is 5.92. The van der Waals surface area contributed by atoms with Gasteiger partial charge in [0.25, 0.3) is 5.91 Å². The van der Waals surface area contributed by atoms with Crippen LogP contribution in [0.4, 0.5) is 11.5 Å². The molecule has 28 heavy (non-hydrogen) atoms. The van der Waals surface area contributed by atoms with Crippen LogP contribution in [0.25, 0.3) is 0 Å². The Bertz CT molecular complexity index is 992. The average molecular weight is 378 g/mol. The first-order valence-corrected chi connectivity index (χ1v) is 8.62. The zero-order valence-corrected chi connectivity index (χ0v) is 15.1. The average Bonchev–Trinajstić information content (AvgIpc) is 3.21. The summed E-state index contributed by atoms with van der Waals surface area (Å²) < 4.78 is 15.9. The highest BCUT2D eigenvalue weighted by Crippen LogP contribution is 2.32. The molecule has 2 N–H and O–H groups in total. The maximum Gasteiger partial charge on any atom is 0.271 e. The van der Waals surface area contributed by atoms with Gasteiger partial charge >= 0.3 is 0 Å². The van der Waals surface area contributed by atoms with E-state index < -0.39 is 0 Å². The fourth-order valence-corrected chi connectivity index (χ4v) is 2.72. The number of nitrogens with zero attached hydrogens (tertiary/aromatic N) is 2. The van der Waals surface area contributed by atoms with E-state index in [0.717, 1.165) is 11.3 Å². The lowest BCUT2D eigenvalue weighted by Gasteiger charge is -2.10. The van der Waals surface area contributed by atoms with Crippen LogP contribution in [0.15, 0.2) is 54.9 Å². The Hall–Kier alpha value is -3.81. The second-order valence-electron chi connectivity index (χ2n) is 5.98. The Kier molecular flexibility index (Phi) is 4.92. The van der Waals surface area contributed by atoms with Gasteiger partial charge in [0.05, 0.1) is 25.2 Å². The summed E-state index contributed by atoms with van der Waals surface area (Å²) in [5.74, 6) is 2.28. The lowest BCUT2D eigenvalue weighted by molar-refractivity contribution is 0.0945. The molecule has 0 unspecified atom stereocenters. The van der Waals surface area contributed by atoms with Crippen molar-refractivity contribution < 1.29 is 19.0 Å². The fourth-order valence-electron chi connectivity index (χ4n) is 2.72. The molecule has 0 aliphatic carbocycles. The normalized spacial score (nSPS) is 11.8. The minimum atomic E-state index is -0.311. The molecule has 2 heterocycles. The lowest BCUT2D eigenvalue weighted by Crippen LogP contribution is -2.24. The number of anilines is 2. The van der Waals surface area contributed by atoms with E-state index in [-0.39, 0.29) is 18.4 Å². The van der Waals surface area contributed by atoms with E-state index in [2.05, 4.69) is 20.6 Å². The van der Waals surface area contributed by atoms with Crippen molar-refractivity contribution in [1.82, 2.24) is 15.3 Å². The van der Waals surface area contributed by atoms with Gasteiger partial charge < -0.3 is 24.8 Å². The van der Waals surface area contributed by atoms with Crippen molar-refractivity contribution in [1.29, 1.82) is 0 Å². The summed E-state index contributed by atoms with van der Waals surface area (Å²) in [6.45, 7) is 0.564. The number of carbonyl (C=O) groups is 1. The third kappa shape index (κ3) is 3.80. The number of amides is 1. The predicted molar refractivity (Wildman–Crippen MR) is 102 cm³/mol. The Labute approximate surface area is 161 Å². The molecule has 0 saturated carbocycles. The number of ether oxygens (including phenoxy) is 3. The van der Waals surface area contributed by atoms with E-state index >= 15 is 0 Å². The lowest BCUT2D eigenvalue weighted by atomic mass is 10.2. The van der Waals surface area contributed by atoms with Crippen LogP contribution in [0.5, 0.6) is 17.2 Å². The number of methoxy groups -OCH3 is 1. The minimum Gasteiger partial charge on any atom is -0.495 e. The molecule has 0 saturated heterocycles. The predicted octanol–water partition coefficient (Wildman–Crippen LogP) is 2.89. The van der Waals surface area contributed by atoms with Gasteiger partial charge in [-0.3, -0.25) is 4.79 Å². The molecule has 0 spiro atoms. The quantitative estimate of drug-likeness (QED) is 0.681. The zero-order chi connectivity index (χ0) is 19.3. The molecule has 8 heteroatoms. The van der Waals surface area contributed by atoms with E-state index in [1.165, 1.54) is 12.4 Å². The van der Waals surface area contributed by atoms with Crippen LogP contribution >= 0.6 is 0 Å². The molecule has 1 aliphatic rings. The van der Waals surface area contributed by atoms with Gasteiger partial charge in [0, 0.05) is 6.54 Å². The molecule has 1 aromatic heterocycles. The summed E-state index contributed by atoms with van der Waals surface area (Å²) in [6, 6.07) is 13.0. The molecule has 4 rings (SSSR count). The van der Waals surface area contributed by atoms with Crippen molar-refractivity contribution in [2.24, 2.45) is 0 Å². The second-order valence-corrected chi connectivity index (χ2v) is 5.98. The molecule has 0 fully saturated rings. The number of aromatic nitrogens is 2. The van der Waals surface area contributed by atoms with Crippen molar-refractivity contribution in [2.45, 2.75) is 6.54 Å². The Morgan fingerprint density at radius 1 is 1.11 bits per heavy atom. The van der Waals surface area contributed by atoms with Crippen LogP contribution < -0.4 is 24.8 Å². The largest absolute Gasteiger partial charge is 0.495 e. The maximum atomic E-state index is 12.3. The molecule has 0 atom stereocenters. The Balaban J connectivity index is 1.37. The molecule has 1 amide bonds. The Morgan fingerprint density at radius 3 is 2.79 bits per heavy atom. The highest BCUT2D eigenvalue weighted by Gasteiger charge is 2.14. The highest BCUT2D eigenvalue weighted by atomic mass is 16.7. The fraction of sp³-hybridized carbons (Fsp3) is 0.150. The number of carbonyl (C=O) groups excluding carboxylic acids is 1. The first-order valence-electron chi connectivity index (χ1n) is 8.62. The Morgan fingerprint density at radius 2 is 1.96 bits per heavy atom. The number of rotatable bonds is 6. The van der Waals surface area contributed by atoms with E-state index in [1.807, 2.05) is 42.5 Å². The van der Waals surface area contributed by atoms with Crippen molar-refractivity contribution in [3.8, 4) is 17.2 Å². The number of hydrogen-bond acceptors (Lipinski definition) is 7. The molecule has 2 aromatic carbocycles. The first-order chi connectivity index (χ1) is 13.7. The van der Waals surface area contributed by atoms with E-state index in [9.17, 15) is 4.79 Å². The molecule has 3 aromatic rings. The molecular weight excluding hydrogens is 360 g/mol. The van der Waals surface area contributed by atoms with Crippen LogP contribution in [0.2, 0.25) is 0 Å². The zero-order valence-electron chi connectivity index (χ0n) is 15.1. The van der Waals surface area contributed by atoms with Gasteiger partial charge in [0.15, 0.2) is 11.5 Å². The van der Waals surface area contributed by atoms with Gasteiger partial charge in [-0.25, -0.2) is 9.97 Å². The van der Waals surface area contributed by atoms with Crippen LogP contribution in [-0.4, -0.2) is 29.8 Å². The number of hydrogen-bond donors (Lipinski definition) is 2. The summed E-state index contributed by atoms with van der Waals surface area (Å²) in [7, 11) is 1.60. The summed E-state index contributed by atoms with van der Waals surface area (Å²) >= 11 is 0. The third-order valence-corrected chi connectivity index (χ3v) is 4.14. The van der Waals surface area contributed by atoms with Gasteiger partial charge in [-0.05, 0) is 29.8 Å². The van der Waals surface area contributed by atoms with E-state index in [1.54, 1.807) is 7.11 Å². The van der Waals surface area contributed by atoms with Crippen molar-refractivity contribution in [3.05, 3.63) is 66.1 Å². The van der Waals surface area contributed by atoms with E-state index in [0.29, 0.717) is 29.6 Å². The molecular formula is C20H18N4O4. The number of fused-ring (bicyclic) bond motifs is 1. The summed E-state index contributed by atoms with van der Waals surface area (Å²) in [4.78, 5) is 20.7. The van der Waals surface area contributed by atoms with E-state index in [4.69, 9.17) is 14.2 Å². The number of nitrogens with one attached hydrogen (secondary N) is 2. The smallest absolute Gasteiger partial charge is 0.271 e. The SMILES string of the molecule is COc1ccccc1Nc1cnc(C(=O)NCc2ccc3c(c2)OCO3)cn1. The van der Waals surface area contributed by atoms with Crippen LogP contribution in [0.1, 0.15) is 16.1 Å². The molecule has 0 radical (unpaired) electrons. The van der Waals surface area contributed by atoms with Gasteiger partial charge in [-0.2, -0.15) is 0 Å². The molecule has 1 aliphatic heterocycles. The van der Waals surface area contributed by atoms with Crippen molar-refractivity contribution >= 4 is 17.4 Å². The monoisotopic (exact) mass is 378 g/mol. The minimum absolute atomic E-state index is 0.218. The number of benzene rings is 2. The molecule has 8 nitrogen and oxygen atoms in total.